The molecule has 0 saturated heterocycles. The highest BCUT2D eigenvalue weighted by molar-refractivity contribution is 7.95. The molecule has 0 aromatic heterocycles. The van der Waals surface area contributed by atoms with Gasteiger partial charge in [-0.2, -0.15) is 0 Å². The molecule has 1 aliphatic rings. The van der Waals surface area contributed by atoms with Crippen LogP contribution in [0.15, 0.2) is 40.1 Å². The quantitative estimate of drug-likeness (QED) is 0.804. The Morgan fingerprint density at radius 3 is 2.15 bits per heavy atom. The predicted molar refractivity (Wildman–Crippen MR) is 83.2 cm³/mol. The fourth-order valence-electron chi connectivity index (χ4n) is 2.71. The molecule has 1 aromatic carbocycles. The molecule has 1 aromatic rings. The largest absolute Gasteiger partial charge is 0.219 e. The van der Waals surface area contributed by atoms with Gasteiger partial charge in [-0.1, -0.05) is 44.5 Å². The summed E-state index contributed by atoms with van der Waals surface area (Å²) >= 11 is 0. The van der Waals surface area contributed by atoms with Gasteiger partial charge in [0, 0.05) is 4.91 Å². The smallest absolute Gasteiger partial charge is 0.202 e. The minimum Gasteiger partial charge on any atom is -0.219 e. The number of hydrogen-bond acceptors (Lipinski definition) is 2. The van der Waals surface area contributed by atoms with Gasteiger partial charge in [-0.3, -0.25) is 0 Å². The molecule has 3 heteroatoms. The van der Waals surface area contributed by atoms with Crippen LogP contribution in [0.5, 0.6) is 0 Å². The Morgan fingerprint density at radius 2 is 1.70 bits per heavy atom. The molecule has 0 spiro atoms. The van der Waals surface area contributed by atoms with Gasteiger partial charge < -0.3 is 0 Å². The van der Waals surface area contributed by atoms with Crippen molar-refractivity contribution in [3.8, 4) is 0 Å². The summed E-state index contributed by atoms with van der Waals surface area (Å²) in [6, 6.07) is 7.13. The van der Waals surface area contributed by atoms with Crippen LogP contribution in [0.2, 0.25) is 0 Å². The van der Waals surface area contributed by atoms with Crippen molar-refractivity contribution in [1.82, 2.24) is 0 Å². The van der Waals surface area contributed by atoms with Crippen molar-refractivity contribution in [1.29, 1.82) is 0 Å². The monoisotopic (exact) mass is 292 g/mol. The Morgan fingerprint density at radius 1 is 1.10 bits per heavy atom. The summed E-state index contributed by atoms with van der Waals surface area (Å²) in [5.41, 5.74) is 1.32. The molecule has 20 heavy (non-hydrogen) atoms. The molecule has 2 nitrogen and oxygen atoms in total. The van der Waals surface area contributed by atoms with Gasteiger partial charge in [0.15, 0.2) is 0 Å². The van der Waals surface area contributed by atoms with Crippen molar-refractivity contribution < 1.29 is 8.42 Å². The highest BCUT2D eigenvalue weighted by Gasteiger charge is 2.30. The minimum atomic E-state index is -3.29. The first-order chi connectivity index (χ1) is 9.21. The first-order valence-electron chi connectivity index (χ1n) is 7.22. The zero-order valence-electron chi connectivity index (χ0n) is 12.8. The molecule has 0 aliphatic heterocycles. The molecule has 0 bridgehead atoms. The van der Waals surface area contributed by atoms with E-state index in [1.807, 2.05) is 25.1 Å². The van der Waals surface area contributed by atoms with E-state index in [0.717, 1.165) is 18.4 Å². The van der Waals surface area contributed by atoms with E-state index in [-0.39, 0.29) is 5.41 Å². The maximum absolute atomic E-state index is 12.6. The van der Waals surface area contributed by atoms with Crippen molar-refractivity contribution >= 4 is 9.84 Å². The van der Waals surface area contributed by atoms with Crippen LogP contribution in [0.1, 0.15) is 45.6 Å². The summed E-state index contributed by atoms with van der Waals surface area (Å²) in [6.07, 6.45) is 4.43. The van der Waals surface area contributed by atoms with Crippen molar-refractivity contribution in [3.63, 3.8) is 0 Å². The first-order valence-corrected chi connectivity index (χ1v) is 8.70. The van der Waals surface area contributed by atoms with Gasteiger partial charge in [0.05, 0.1) is 4.90 Å². The Hall–Kier alpha value is -1.09. The van der Waals surface area contributed by atoms with E-state index >= 15 is 0 Å². The van der Waals surface area contributed by atoms with Crippen LogP contribution in [-0.2, 0) is 9.84 Å². The van der Waals surface area contributed by atoms with E-state index in [4.69, 9.17) is 0 Å². The Balaban J connectivity index is 2.24. The molecule has 0 radical (unpaired) electrons. The van der Waals surface area contributed by atoms with Crippen LogP contribution in [0.25, 0.3) is 0 Å². The van der Waals surface area contributed by atoms with E-state index in [9.17, 15) is 8.42 Å². The molecule has 2 rings (SSSR count). The summed E-state index contributed by atoms with van der Waals surface area (Å²) in [5.74, 6) is 0.569. The molecule has 1 unspecified atom stereocenters. The number of hydrogen-bond donors (Lipinski definition) is 0. The maximum atomic E-state index is 12.6. The van der Waals surface area contributed by atoms with E-state index in [0.29, 0.717) is 22.1 Å². The topological polar surface area (TPSA) is 34.1 Å². The summed E-state index contributed by atoms with van der Waals surface area (Å²) in [5, 5.41) is 0. The second kappa shape index (κ2) is 5.36. The van der Waals surface area contributed by atoms with Gasteiger partial charge in [0.1, 0.15) is 0 Å². The van der Waals surface area contributed by atoms with Gasteiger partial charge in [-0.15, -0.1) is 0 Å². The molecular formula is C17H24O2S. The third kappa shape index (κ3) is 3.14. The summed E-state index contributed by atoms with van der Waals surface area (Å²) in [7, 11) is -3.29. The molecule has 0 saturated carbocycles. The van der Waals surface area contributed by atoms with Crippen LogP contribution in [0, 0.1) is 18.3 Å². The predicted octanol–water partition coefficient (Wildman–Crippen LogP) is 4.50. The number of rotatable bonds is 2. The van der Waals surface area contributed by atoms with Crippen LogP contribution in [0.3, 0.4) is 0 Å². The van der Waals surface area contributed by atoms with Gasteiger partial charge in [-0.25, -0.2) is 8.42 Å². The molecule has 0 N–H and O–H groups in total. The standard InChI is InChI=1S/C17H24O2S/c1-13-5-9-15(10-6-13)20(18,19)16-11-7-14(8-12-16)17(2,3)4/h5-6,9-11,14H,7-8,12H2,1-4H3. The summed E-state index contributed by atoms with van der Waals surface area (Å²) in [4.78, 5) is 1.02. The lowest BCUT2D eigenvalue weighted by Crippen LogP contribution is -2.23. The highest BCUT2D eigenvalue weighted by atomic mass is 32.2. The lowest BCUT2D eigenvalue weighted by Gasteiger charge is -2.33. The average molecular weight is 292 g/mol. The molecule has 0 fully saturated rings. The molecule has 0 heterocycles. The molecule has 1 aliphatic carbocycles. The number of allylic oxidation sites excluding steroid dienone is 2. The molecule has 110 valence electrons. The summed E-state index contributed by atoms with van der Waals surface area (Å²) < 4.78 is 25.2. The number of sulfone groups is 1. The average Bonchev–Trinajstić information content (AvgIpc) is 2.38. The van der Waals surface area contributed by atoms with E-state index in [2.05, 4.69) is 20.8 Å². The first kappa shape index (κ1) is 15.3. The fourth-order valence-corrected chi connectivity index (χ4v) is 4.21. The third-order valence-corrected chi connectivity index (χ3v) is 6.22. The SMILES string of the molecule is Cc1ccc(S(=O)(=O)C2=CCC(C(C)(C)C)CC2)cc1. The van der Waals surface area contributed by atoms with E-state index in [1.165, 1.54) is 0 Å². The second-order valence-electron chi connectivity index (χ2n) is 6.82. The number of aryl methyl sites for hydroxylation is 1. The van der Waals surface area contributed by atoms with Crippen molar-refractivity contribution in [3.05, 3.63) is 40.8 Å². The lowest BCUT2D eigenvalue weighted by atomic mass is 9.74. The van der Waals surface area contributed by atoms with Crippen LogP contribution in [0.4, 0.5) is 0 Å². The zero-order chi connectivity index (χ0) is 15.0. The van der Waals surface area contributed by atoms with Gasteiger partial charge >= 0.3 is 0 Å². The fraction of sp³-hybridized carbons (Fsp3) is 0.529. The molecular weight excluding hydrogens is 268 g/mol. The Bertz CT molecular complexity index is 601. The summed E-state index contributed by atoms with van der Waals surface area (Å²) in [6.45, 7) is 8.64. The van der Waals surface area contributed by atoms with Crippen LogP contribution < -0.4 is 0 Å². The van der Waals surface area contributed by atoms with Crippen molar-refractivity contribution in [2.24, 2.45) is 11.3 Å². The molecule has 0 amide bonds. The van der Waals surface area contributed by atoms with Crippen LogP contribution >= 0.6 is 0 Å². The van der Waals surface area contributed by atoms with Crippen molar-refractivity contribution in [2.75, 3.05) is 0 Å². The van der Waals surface area contributed by atoms with Crippen molar-refractivity contribution in [2.45, 2.75) is 51.9 Å². The van der Waals surface area contributed by atoms with Crippen LogP contribution in [-0.4, -0.2) is 8.42 Å². The third-order valence-electron chi connectivity index (χ3n) is 4.27. The lowest BCUT2D eigenvalue weighted by molar-refractivity contribution is 0.222. The van der Waals surface area contributed by atoms with E-state index in [1.54, 1.807) is 12.1 Å². The maximum Gasteiger partial charge on any atom is 0.202 e. The minimum absolute atomic E-state index is 0.246. The van der Waals surface area contributed by atoms with Gasteiger partial charge in [0.25, 0.3) is 0 Å². The number of benzene rings is 1. The second-order valence-corrected chi connectivity index (χ2v) is 8.83. The Kier molecular flexibility index (Phi) is 4.10. The highest BCUT2D eigenvalue weighted by Crippen LogP contribution is 2.39. The zero-order valence-corrected chi connectivity index (χ0v) is 13.6. The van der Waals surface area contributed by atoms with Gasteiger partial charge in [0.2, 0.25) is 9.84 Å². The normalized spacial score (nSPS) is 20.6. The Labute approximate surface area is 122 Å². The van der Waals surface area contributed by atoms with Gasteiger partial charge in [-0.05, 0) is 49.7 Å². The molecule has 1 atom stereocenters. The van der Waals surface area contributed by atoms with E-state index < -0.39 is 9.84 Å².